The minimum Gasteiger partial charge on any atom is -0.368 e. The van der Waals surface area contributed by atoms with E-state index in [0.29, 0.717) is 0 Å². The van der Waals surface area contributed by atoms with Crippen molar-refractivity contribution in [3.05, 3.63) is 18.2 Å². The molecule has 0 unspecified atom stereocenters. The summed E-state index contributed by atoms with van der Waals surface area (Å²) in [6.07, 6.45) is 5.37. The molecule has 0 aliphatic rings. The molecule has 4 heteroatoms. The Morgan fingerprint density at radius 2 is 2.50 bits per heavy atom. The summed E-state index contributed by atoms with van der Waals surface area (Å²) >= 11 is 0. The fourth-order valence-electron chi connectivity index (χ4n) is 1.10. The number of rotatable bonds is 4. The molecule has 0 aliphatic carbocycles. The van der Waals surface area contributed by atoms with Crippen LogP contribution in [0.1, 0.15) is 19.2 Å². The van der Waals surface area contributed by atoms with Crippen molar-refractivity contribution in [1.82, 2.24) is 9.55 Å². The number of nitrogens with zero attached hydrogens (tertiary/aromatic N) is 2. The van der Waals surface area contributed by atoms with Gasteiger partial charge in [0.25, 0.3) is 0 Å². The second-order valence-corrected chi connectivity index (χ2v) is 2.69. The van der Waals surface area contributed by atoms with E-state index >= 15 is 0 Å². The van der Waals surface area contributed by atoms with Gasteiger partial charge in [0.15, 0.2) is 0 Å². The lowest BCUT2D eigenvalue weighted by atomic mass is 10.3. The molecule has 0 bridgehead atoms. The molecule has 0 aromatic carbocycles. The van der Waals surface area contributed by atoms with Crippen LogP contribution in [0.5, 0.6) is 0 Å². The summed E-state index contributed by atoms with van der Waals surface area (Å²) < 4.78 is 1.78. The second-order valence-electron chi connectivity index (χ2n) is 2.69. The third-order valence-corrected chi connectivity index (χ3v) is 1.60. The third-order valence-electron chi connectivity index (χ3n) is 1.60. The highest BCUT2D eigenvalue weighted by Gasteiger charge is 2.02. The summed E-state index contributed by atoms with van der Waals surface area (Å²) in [5.41, 5.74) is 5.06. The lowest BCUT2D eigenvalue weighted by Crippen LogP contribution is -2.19. The third kappa shape index (κ3) is 2.08. The first-order valence-electron chi connectivity index (χ1n) is 4.02. The van der Waals surface area contributed by atoms with Gasteiger partial charge in [-0.15, -0.1) is 0 Å². The number of aryl methyl sites for hydroxylation is 1. The van der Waals surface area contributed by atoms with Crippen molar-refractivity contribution in [2.24, 2.45) is 5.73 Å². The van der Waals surface area contributed by atoms with Gasteiger partial charge in [0, 0.05) is 18.8 Å². The lowest BCUT2D eigenvalue weighted by Gasteiger charge is -2.02. The Kier molecular flexibility index (Phi) is 2.85. The van der Waals surface area contributed by atoms with Crippen LogP contribution < -0.4 is 5.73 Å². The molecule has 0 atom stereocenters. The Balaban J connectivity index is 2.69. The lowest BCUT2D eigenvalue weighted by molar-refractivity contribution is -0.118. The maximum Gasteiger partial charge on any atom is 0.237 e. The minimum absolute atomic E-state index is 0.231. The highest BCUT2D eigenvalue weighted by atomic mass is 16.1. The molecule has 1 aromatic rings. The van der Waals surface area contributed by atoms with Crippen molar-refractivity contribution < 1.29 is 4.79 Å². The predicted molar refractivity (Wildman–Crippen MR) is 45.4 cm³/mol. The number of hydrogen-bond donors (Lipinski definition) is 1. The smallest absolute Gasteiger partial charge is 0.237 e. The fraction of sp³-hybridized carbons (Fsp3) is 0.500. The number of imidazole rings is 1. The van der Waals surface area contributed by atoms with Crippen molar-refractivity contribution in [3.63, 3.8) is 0 Å². The van der Waals surface area contributed by atoms with Gasteiger partial charge in [0.05, 0.1) is 0 Å². The number of nitrogens with two attached hydrogens (primary N) is 1. The fourth-order valence-corrected chi connectivity index (χ4v) is 1.10. The molecule has 1 aromatic heterocycles. The predicted octanol–water partition coefficient (Wildman–Crippen LogP) is 0.321. The van der Waals surface area contributed by atoms with Gasteiger partial charge in [-0.1, -0.05) is 6.92 Å². The monoisotopic (exact) mass is 167 g/mol. The Bertz CT molecular complexity index is 267. The molecule has 12 heavy (non-hydrogen) atoms. The summed E-state index contributed by atoms with van der Waals surface area (Å²) in [6, 6.07) is 0. The van der Waals surface area contributed by atoms with Crippen molar-refractivity contribution >= 4 is 5.91 Å². The van der Waals surface area contributed by atoms with E-state index in [2.05, 4.69) is 11.9 Å². The van der Waals surface area contributed by atoms with E-state index in [0.717, 1.165) is 18.7 Å². The van der Waals surface area contributed by atoms with E-state index in [9.17, 15) is 4.79 Å². The summed E-state index contributed by atoms with van der Waals surface area (Å²) in [5, 5.41) is 0. The van der Waals surface area contributed by atoms with Gasteiger partial charge < -0.3 is 10.3 Å². The van der Waals surface area contributed by atoms with Gasteiger partial charge in [-0.3, -0.25) is 4.79 Å². The number of amides is 1. The molecule has 1 heterocycles. The van der Waals surface area contributed by atoms with Gasteiger partial charge >= 0.3 is 0 Å². The molecule has 2 N–H and O–H groups in total. The van der Waals surface area contributed by atoms with Crippen LogP contribution in [-0.2, 0) is 17.8 Å². The van der Waals surface area contributed by atoms with Crippen LogP contribution in [0.2, 0.25) is 0 Å². The number of hydrogen-bond acceptors (Lipinski definition) is 2. The zero-order valence-electron chi connectivity index (χ0n) is 7.16. The number of aromatic nitrogens is 2. The minimum atomic E-state index is -0.328. The number of carbonyl (C=O) groups is 1. The number of carbonyl (C=O) groups excluding carboxylic acids is 1. The van der Waals surface area contributed by atoms with Gasteiger partial charge in [-0.25, -0.2) is 4.98 Å². The van der Waals surface area contributed by atoms with Crippen LogP contribution in [0.3, 0.4) is 0 Å². The van der Waals surface area contributed by atoms with Gasteiger partial charge in [-0.2, -0.15) is 0 Å². The van der Waals surface area contributed by atoms with Crippen LogP contribution >= 0.6 is 0 Å². The van der Waals surface area contributed by atoms with E-state index in [1.807, 2.05) is 0 Å². The summed E-state index contributed by atoms with van der Waals surface area (Å²) in [5.74, 6) is 0.599. The Morgan fingerprint density at radius 1 is 1.75 bits per heavy atom. The standard InChI is InChI=1S/C8H13N3O/c1-2-3-8-10-4-5-11(8)6-7(9)12/h4-5H,2-3,6H2,1H3,(H2,9,12). The summed E-state index contributed by atoms with van der Waals surface area (Å²) in [4.78, 5) is 14.7. The average molecular weight is 167 g/mol. The largest absolute Gasteiger partial charge is 0.368 e. The van der Waals surface area contributed by atoms with Crippen molar-refractivity contribution in [3.8, 4) is 0 Å². The first-order valence-corrected chi connectivity index (χ1v) is 4.02. The topological polar surface area (TPSA) is 60.9 Å². The molecule has 0 saturated heterocycles. The van der Waals surface area contributed by atoms with Crippen LogP contribution in [0.25, 0.3) is 0 Å². The molecular weight excluding hydrogens is 154 g/mol. The molecule has 0 aliphatic heterocycles. The van der Waals surface area contributed by atoms with E-state index in [1.54, 1.807) is 17.0 Å². The van der Waals surface area contributed by atoms with Crippen molar-refractivity contribution in [2.75, 3.05) is 0 Å². The maximum atomic E-state index is 10.6. The molecule has 0 spiro atoms. The van der Waals surface area contributed by atoms with E-state index in [-0.39, 0.29) is 12.5 Å². The molecule has 0 fully saturated rings. The van der Waals surface area contributed by atoms with Crippen LogP contribution in [0.4, 0.5) is 0 Å². The second kappa shape index (κ2) is 3.90. The zero-order valence-corrected chi connectivity index (χ0v) is 7.16. The molecule has 0 saturated carbocycles. The first kappa shape index (κ1) is 8.77. The normalized spacial score (nSPS) is 10.1. The molecule has 0 radical (unpaired) electrons. The molecule has 66 valence electrons. The maximum absolute atomic E-state index is 10.6. The molecule has 1 rings (SSSR count). The van der Waals surface area contributed by atoms with Crippen LogP contribution in [0.15, 0.2) is 12.4 Å². The zero-order chi connectivity index (χ0) is 8.97. The summed E-state index contributed by atoms with van der Waals surface area (Å²) in [6.45, 7) is 2.30. The van der Waals surface area contributed by atoms with E-state index in [1.165, 1.54) is 0 Å². The van der Waals surface area contributed by atoms with Crippen LogP contribution in [0, 0.1) is 0 Å². The number of primary amides is 1. The quantitative estimate of drug-likeness (QED) is 0.702. The van der Waals surface area contributed by atoms with Crippen molar-refractivity contribution in [1.29, 1.82) is 0 Å². The molecule has 1 amide bonds. The van der Waals surface area contributed by atoms with E-state index < -0.39 is 0 Å². The Hall–Kier alpha value is -1.32. The van der Waals surface area contributed by atoms with Crippen LogP contribution in [-0.4, -0.2) is 15.5 Å². The molecule has 4 nitrogen and oxygen atoms in total. The highest BCUT2D eigenvalue weighted by Crippen LogP contribution is 2.00. The molecular formula is C8H13N3O. The summed E-state index contributed by atoms with van der Waals surface area (Å²) in [7, 11) is 0. The van der Waals surface area contributed by atoms with Crippen molar-refractivity contribution in [2.45, 2.75) is 26.3 Å². The van der Waals surface area contributed by atoms with Gasteiger partial charge in [0.2, 0.25) is 5.91 Å². The first-order chi connectivity index (χ1) is 5.74. The Morgan fingerprint density at radius 3 is 3.08 bits per heavy atom. The SMILES string of the molecule is CCCc1nccn1CC(N)=O. The average Bonchev–Trinajstić information content (AvgIpc) is 2.37. The Labute approximate surface area is 71.4 Å². The highest BCUT2D eigenvalue weighted by molar-refractivity contribution is 5.73. The van der Waals surface area contributed by atoms with Gasteiger partial charge in [-0.05, 0) is 6.42 Å². The van der Waals surface area contributed by atoms with Gasteiger partial charge in [0.1, 0.15) is 12.4 Å². The van der Waals surface area contributed by atoms with E-state index in [4.69, 9.17) is 5.73 Å².